The first kappa shape index (κ1) is 47.1. The Hall–Kier alpha value is -6.56. The summed E-state index contributed by atoms with van der Waals surface area (Å²) >= 11 is 0. The number of aromatic nitrogens is 3. The molecule has 0 bridgehead atoms. The molecule has 4 aromatic rings. The monoisotopic (exact) mass is 841 g/mol. The van der Waals surface area contributed by atoms with Gasteiger partial charge in [-0.1, -0.05) is 76.2 Å². The quantitative estimate of drug-likeness (QED) is 0.0470. The number of aromatic amines is 2. The van der Waals surface area contributed by atoms with Crippen molar-refractivity contribution in [2.75, 3.05) is 0 Å². The molecule has 2 aromatic carbocycles. The molecule has 7 amide bonds. The Balaban J connectivity index is 1.63. The van der Waals surface area contributed by atoms with Gasteiger partial charge in [-0.2, -0.15) is 0 Å². The largest absolute Gasteiger partial charge is 0.370 e. The van der Waals surface area contributed by atoms with Crippen molar-refractivity contribution in [3.63, 3.8) is 0 Å². The van der Waals surface area contributed by atoms with E-state index < -0.39 is 77.6 Å². The van der Waals surface area contributed by atoms with Gasteiger partial charge in [0.2, 0.25) is 41.4 Å². The third-order valence-electron chi connectivity index (χ3n) is 10.0. The summed E-state index contributed by atoms with van der Waals surface area (Å²) in [6, 6.07) is 9.32. The number of nitrogens with zero attached hydrogens (tertiary/aromatic N) is 1. The van der Waals surface area contributed by atoms with Crippen LogP contribution in [0, 0.1) is 11.8 Å². The number of hydrogen-bond acceptors (Lipinski definition) is 9. The Morgan fingerprint density at radius 1 is 0.623 bits per heavy atom. The van der Waals surface area contributed by atoms with Crippen molar-refractivity contribution in [2.45, 2.75) is 109 Å². The summed E-state index contributed by atoms with van der Waals surface area (Å²) in [6.07, 6.45) is 4.86. The average molecular weight is 842 g/mol. The van der Waals surface area contributed by atoms with Crippen LogP contribution in [0.25, 0.3) is 10.9 Å². The third-order valence-corrected chi connectivity index (χ3v) is 10.0. The van der Waals surface area contributed by atoms with E-state index in [2.05, 4.69) is 41.5 Å². The maximum atomic E-state index is 14.4. The topological polar surface area (TPSA) is 302 Å². The number of hydrogen-bond donors (Lipinski definition) is 10. The summed E-state index contributed by atoms with van der Waals surface area (Å²) < 4.78 is 0. The van der Waals surface area contributed by atoms with Crippen LogP contribution in [0.15, 0.2) is 73.3 Å². The van der Waals surface area contributed by atoms with Crippen LogP contribution in [0.5, 0.6) is 0 Å². The fraction of sp³-hybridized carbons (Fsp3) is 0.442. The minimum absolute atomic E-state index is 0.00173. The Kier molecular flexibility index (Phi) is 17.5. The second kappa shape index (κ2) is 22.7. The lowest BCUT2D eigenvalue weighted by Gasteiger charge is -2.28. The van der Waals surface area contributed by atoms with E-state index in [1.165, 1.54) is 12.5 Å². The molecule has 2 heterocycles. The van der Waals surface area contributed by atoms with Crippen molar-refractivity contribution in [1.29, 1.82) is 0 Å². The van der Waals surface area contributed by atoms with Crippen LogP contribution in [0.4, 0.5) is 0 Å². The van der Waals surface area contributed by atoms with Crippen LogP contribution in [-0.4, -0.2) is 92.6 Å². The predicted octanol–water partition coefficient (Wildman–Crippen LogP) is 0.513. The van der Waals surface area contributed by atoms with Gasteiger partial charge in [-0.25, -0.2) is 4.98 Å². The maximum absolute atomic E-state index is 14.4. The first-order chi connectivity index (χ1) is 29.0. The molecular formula is C43H59N11O7. The number of carbonyl (C=O) groups is 7. The molecule has 0 saturated heterocycles. The van der Waals surface area contributed by atoms with Crippen LogP contribution < -0.4 is 43.8 Å². The highest BCUT2D eigenvalue weighted by atomic mass is 16.2. The Bertz CT molecular complexity index is 2100. The summed E-state index contributed by atoms with van der Waals surface area (Å²) in [4.78, 5) is 104. The summed E-state index contributed by atoms with van der Waals surface area (Å²) in [7, 11) is 0. The van der Waals surface area contributed by atoms with Crippen molar-refractivity contribution in [2.24, 2.45) is 29.0 Å². The molecular weight excluding hydrogens is 783 g/mol. The zero-order valence-corrected chi connectivity index (χ0v) is 35.0. The number of carbonyl (C=O) groups excluding carboxylic acids is 7. The van der Waals surface area contributed by atoms with Crippen molar-refractivity contribution < 1.29 is 33.6 Å². The molecule has 18 heteroatoms. The number of amides is 7. The van der Waals surface area contributed by atoms with Gasteiger partial charge in [0.15, 0.2) is 0 Å². The normalized spacial score (nSPS) is 14.3. The minimum Gasteiger partial charge on any atom is -0.370 e. The highest BCUT2D eigenvalue weighted by molar-refractivity contribution is 5.97. The molecule has 0 aliphatic rings. The fourth-order valence-electron chi connectivity index (χ4n) is 6.83. The van der Waals surface area contributed by atoms with E-state index in [0.717, 1.165) is 10.9 Å². The van der Waals surface area contributed by atoms with Gasteiger partial charge in [0.05, 0.1) is 12.4 Å². The van der Waals surface area contributed by atoms with Gasteiger partial charge in [-0.05, 0) is 48.3 Å². The lowest BCUT2D eigenvalue weighted by atomic mass is 9.99. The van der Waals surface area contributed by atoms with Gasteiger partial charge >= 0.3 is 0 Å². The number of para-hydroxylation sites is 1. The Morgan fingerprint density at radius 3 is 1.74 bits per heavy atom. The van der Waals surface area contributed by atoms with Gasteiger partial charge in [0.1, 0.15) is 30.2 Å². The third kappa shape index (κ3) is 14.9. The molecule has 0 spiro atoms. The number of nitrogens with two attached hydrogens (primary N) is 3. The molecule has 18 nitrogen and oxygen atoms in total. The standard InChI is InChI=1S/C43H59N11O7/c1-24(2)16-32(38(46)56)50-40(58)33(17-25(3)4)52-43(61)36(20-28-22-47-23-49-28)54-41(59)34(18-26-10-6-5-7-11-26)53-42(60)35(51-39(57)30(44)14-15-37(45)55)19-27-21-48-31-13-9-8-12-29(27)31/h5-13,21-25,30,32-36,48H,14-20,44H2,1-4H3,(H2,45,55)(H2,46,56)(H,47,49)(H,50,58)(H,51,57)(H,52,61)(H,53,60)(H,54,59)/t30-,32-,33-,34-,35+,36+/m0/s1. The first-order valence-electron chi connectivity index (χ1n) is 20.4. The molecule has 13 N–H and O–H groups in total. The van der Waals surface area contributed by atoms with E-state index in [-0.39, 0.29) is 50.4 Å². The summed E-state index contributed by atoms with van der Waals surface area (Å²) in [6.45, 7) is 7.51. The van der Waals surface area contributed by atoms with Crippen LogP contribution in [0.3, 0.4) is 0 Å². The average Bonchev–Trinajstić information content (AvgIpc) is 3.88. The number of H-pyrrole nitrogens is 2. The number of imidazole rings is 1. The summed E-state index contributed by atoms with van der Waals surface area (Å²) in [5, 5.41) is 14.6. The molecule has 2 aromatic heterocycles. The van der Waals surface area contributed by atoms with Crippen LogP contribution in [0.1, 0.15) is 70.2 Å². The van der Waals surface area contributed by atoms with Crippen LogP contribution in [-0.2, 0) is 52.8 Å². The molecule has 0 radical (unpaired) electrons. The maximum Gasteiger partial charge on any atom is 0.243 e. The molecule has 0 aliphatic heterocycles. The highest BCUT2D eigenvalue weighted by Crippen LogP contribution is 2.20. The first-order valence-corrected chi connectivity index (χ1v) is 20.4. The number of nitrogens with one attached hydrogen (secondary N) is 7. The Morgan fingerprint density at radius 2 is 1.15 bits per heavy atom. The zero-order chi connectivity index (χ0) is 44.6. The second-order valence-electron chi connectivity index (χ2n) is 16.1. The molecule has 0 unspecified atom stereocenters. The smallest absolute Gasteiger partial charge is 0.243 e. The van der Waals surface area contributed by atoms with Gasteiger partial charge < -0.3 is 53.8 Å². The van der Waals surface area contributed by atoms with Crippen LogP contribution >= 0.6 is 0 Å². The Labute approximate surface area is 354 Å². The summed E-state index contributed by atoms with van der Waals surface area (Å²) in [5.41, 5.74) is 19.6. The number of primary amides is 2. The number of benzene rings is 2. The summed E-state index contributed by atoms with van der Waals surface area (Å²) in [5.74, 6) is -4.83. The van der Waals surface area contributed by atoms with E-state index in [1.54, 1.807) is 36.5 Å². The van der Waals surface area contributed by atoms with Gasteiger partial charge in [-0.3, -0.25) is 33.6 Å². The number of rotatable bonds is 24. The molecule has 0 saturated carbocycles. The van der Waals surface area contributed by atoms with Crippen molar-refractivity contribution in [1.82, 2.24) is 41.5 Å². The van der Waals surface area contributed by atoms with E-state index in [0.29, 0.717) is 23.2 Å². The highest BCUT2D eigenvalue weighted by Gasteiger charge is 2.34. The fourth-order valence-corrected chi connectivity index (χ4v) is 6.83. The predicted molar refractivity (Wildman–Crippen MR) is 229 cm³/mol. The molecule has 328 valence electrons. The van der Waals surface area contributed by atoms with E-state index in [4.69, 9.17) is 17.2 Å². The molecule has 0 fully saturated rings. The van der Waals surface area contributed by atoms with Crippen molar-refractivity contribution in [3.05, 3.63) is 90.1 Å². The van der Waals surface area contributed by atoms with Gasteiger partial charge in [0.25, 0.3) is 0 Å². The SMILES string of the molecule is CC(C)C[C@H](NC(=O)[C@H](CC(C)C)NC(=O)[C@@H](Cc1cnc[nH]1)NC(=O)[C@H](Cc1ccccc1)NC(=O)[C@@H](Cc1c[nH]c2ccccc12)NC(=O)[C@@H](N)CCC(N)=O)C(N)=O. The molecule has 6 atom stereocenters. The molecule has 4 rings (SSSR count). The lowest BCUT2D eigenvalue weighted by Crippen LogP contribution is -2.60. The molecule has 61 heavy (non-hydrogen) atoms. The van der Waals surface area contributed by atoms with E-state index in [9.17, 15) is 33.6 Å². The van der Waals surface area contributed by atoms with Crippen LogP contribution in [0.2, 0.25) is 0 Å². The molecule has 0 aliphatic carbocycles. The lowest BCUT2D eigenvalue weighted by molar-refractivity contribution is -0.135. The van der Waals surface area contributed by atoms with E-state index in [1.807, 2.05) is 52.0 Å². The van der Waals surface area contributed by atoms with E-state index >= 15 is 0 Å². The minimum atomic E-state index is -1.28. The second-order valence-corrected chi connectivity index (χ2v) is 16.1. The zero-order valence-electron chi connectivity index (χ0n) is 35.0. The number of fused-ring (bicyclic) bond motifs is 1. The van der Waals surface area contributed by atoms with Crippen molar-refractivity contribution in [3.8, 4) is 0 Å². The van der Waals surface area contributed by atoms with Gasteiger partial charge in [0, 0.05) is 54.7 Å². The van der Waals surface area contributed by atoms with Crippen molar-refractivity contribution >= 4 is 52.3 Å². The van der Waals surface area contributed by atoms with Gasteiger partial charge in [-0.15, -0.1) is 0 Å².